The molecule has 1 saturated carbocycles. The fourth-order valence-corrected chi connectivity index (χ4v) is 1.91. The lowest BCUT2D eigenvalue weighted by Crippen LogP contribution is -2.24. The summed E-state index contributed by atoms with van der Waals surface area (Å²) in [5, 5.41) is 3.52. The number of benzene rings is 1. The van der Waals surface area contributed by atoms with E-state index in [1.807, 2.05) is 0 Å². The molecule has 0 amide bonds. The second kappa shape index (κ2) is 7.21. The van der Waals surface area contributed by atoms with Gasteiger partial charge in [-0.05, 0) is 44.2 Å². The summed E-state index contributed by atoms with van der Waals surface area (Å²) in [7, 11) is 1.74. The van der Waals surface area contributed by atoms with E-state index in [0.29, 0.717) is 6.61 Å². The average molecular weight is 277 g/mol. The van der Waals surface area contributed by atoms with Gasteiger partial charge in [0.15, 0.2) is 0 Å². The van der Waals surface area contributed by atoms with Crippen LogP contribution >= 0.6 is 0 Å². The van der Waals surface area contributed by atoms with Crippen LogP contribution in [0.2, 0.25) is 0 Å². The number of hydrogen-bond acceptors (Lipinski definition) is 3. The lowest BCUT2D eigenvalue weighted by atomic mass is 10.1. The molecule has 0 spiro atoms. The van der Waals surface area contributed by atoms with E-state index in [0.717, 1.165) is 25.6 Å². The quantitative estimate of drug-likeness (QED) is 0.703. The Balaban J connectivity index is 1.65. The van der Waals surface area contributed by atoms with Gasteiger partial charge in [-0.25, -0.2) is 0 Å². The first-order chi connectivity index (χ1) is 9.59. The number of hydrogen-bond donors (Lipinski definition) is 1. The minimum Gasteiger partial charge on any atom is -0.379 e. The monoisotopic (exact) mass is 277 g/mol. The zero-order valence-electron chi connectivity index (χ0n) is 12.9. The molecule has 3 nitrogen and oxygen atoms in total. The second-order valence-corrected chi connectivity index (χ2v) is 6.24. The molecule has 0 unspecified atom stereocenters. The molecule has 2 rings (SSSR count). The molecule has 0 bridgehead atoms. The van der Waals surface area contributed by atoms with Crippen molar-refractivity contribution in [3.63, 3.8) is 0 Å². The van der Waals surface area contributed by atoms with E-state index in [1.165, 1.54) is 24.0 Å². The van der Waals surface area contributed by atoms with Gasteiger partial charge < -0.3 is 14.8 Å². The third kappa shape index (κ3) is 5.61. The molecule has 0 aliphatic heterocycles. The Bertz CT molecular complexity index is 396. The maximum Gasteiger partial charge on any atom is 0.0716 e. The van der Waals surface area contributed by atoms with E-state index in [-0.39, 0.29) is 5.60 Å². The van der Waals surface area contributed by atoms with Crippen molar-refractivity contribution in [2.24, 2.45) is 0 Å². The summed E-state index contributed by atoms with van der Waals surface area (Å²) in [5.74, 6) is 0. The van der Waals surface area contributed by atoms with E-state index in [9.17, 15) is 0 Å². The molecule has 1 fully saturated rings. The molecule has 20 heavy (non-hydrogen) atoms. The van der Waals surface area contributed by atoms with Crippen LogP contribution < -0.4 is 5.32 Å². The van der Waals surface area contributed by atoms with E-state index in [4.69, 9.17) is 9.47 Å². The standard InChI is InChI=1S/C17H27NO2/c1-17(2,19-3)10-11-20-13-15-6-4-14(5-7-15)12-18-16-8-9-16/h4-7,16,18H,8-13H2,1-3H3. The summed E-state index contributed by atoms with van der Waals surface area (Å²) in [4.78, 5) is 0. The Morgan fingerprint density at radius 3 is 2.40 bits per heavy atom. The molecular formula is C17H27NO2. The number of methoxy groups -OCH3 is 1. The second-order valence-electron chi connectivity index (χ2n) is 6.24. The lowest BCUT2D eigenvalue weighted by molar-refractivity contribution is -0.0124. The highest BCUT2D eigenvalue weighted by Crippen LogP contribution is 2.19. The highest BCUT2D eigenvalue weighted by molar-refractivity contribution is 5.22. The summed E-state index contributed by atoms with van der Waals surface area (Å²) in [6.45, 7) is 6.55. The largest absolute Gasteiger partial charge is 0.379 e. The maximum atomic E-state index is 5.71. The van der Waals surface area contributed by atoms with Crippen molar-refractivity contribution in [3.05, 3.63) is 35.4 Å². The molecule has 0 saturated heterocycles. The van der Waals surface area contributed by atoms with Gasteiger partial charge in [-0.3, -0.25) is 0 Å². The van der Waals surface area contributed by atoms with Crippen LogP contribution in [0.5, 0.6) is 0 Å². The van der Waals surface area contributed by atoms with Crippen LogP contribution in [0.1, 0.15) is 44.2 Å². The Hall–Kier alpha value is -0.900. The Morgan fingerprint density at radius 2 is 1.80 bits per heavy atom. The van der Waals surface area contributed by atoms with Crippen LogP contribution in [0.15, 0.2) is 24.3 Å². The highest BCUT2D eigenvalue weighted by Gasteiger charge is 2.19. The van der Waals surface area contributed by atoms with Gasteiger partial charge in [-0.15, -0.1) is 0 Å². The van der Waals surface area contributed by atoms with Crippen molar-refractivity contribution in [2.45, 2.75) is 57.9 Å². The van der Waals surface area contributed by atoms with Gasteiger partial charge in [0.2, 0.25) is 0 Å². The molecule has 112 valence electrons. The van der Waals surface area contributed by atoms with Gasteiger partial charge in [0.1, 0.15) is 0 Å². The van der Waals surface area contributed by atoms with E-state index in [2.05, 4.69) is 43.4 Å². The van der Waals surface area contributed by atoms with E-state index < -0.39 is 0 Å². The SMILES string of the molecule is COC(C)(C)CCOCc1ccc(CNC2CC2)cc1. The van der Waals surface area contributed by atoms with Crippen molar-refractivity contribution in [2.75, 3.05) is 13.7 Å². The van der Waals surface area contributed by atoms with Gasteiger partial charge in [0.05, 0.1) is 12.2 Å². The summed E-state index contributed by atoms with van der Waals surface area (Å²) in [6, 6.07) is 9.46. The van der Waals surface area contributed by atoms with Crippen molar-refractivity contribution in [1.29, 1.82) is 0 Å². The smallest absolute Gasteiger partial charge is 0.0716 e. The summed E-state index contributed by atoms with van der Waals surface area (Å²) >= 11 is 0. The first-order valence-electron chi connectivity index (χ1n) is 7.53. The Labute approximate surface area is 122 Å². The fourth-order valence-electron chi connectivity index (χ4n) is 1.91. The van der Waals surface area contributed by atoms with Crippen molar-refractivity contribution in [1.82, 2.24) is 5.32 Å². The zero-order chi connectivity index (χ0) is 14.4. The average Bonchev–Trinajstić information content (AvgIpc) is 3.27. The normalized spacial score (nSPS) is 15.6. The third-order valence-electron chi connectivity index (χ3n) is 3.86. The van der Waals surface area contributed by atoms with Gasteiger partial charge in [-0.1, -0.05) is 24.3 Å². The van der Waals surface area contributed by atoms with Gasteiger partial charge in [0, 0.05) is 26.3 Å². The molecule has 1 aromatic rings. The number of ether oxygens (including phenoxy) is 2. The summed E-state index contributed by atoms with van der Waals surface area (Å²) in [6.07, 6.45) is 3.58. The van der Waals surface area contributed by atoms with Crippen molar-refractivity contribution < 1.29 is 9.47 Å². The van der Waals surface area contributed by atoms with Crippen molar-refractivity contribution in [3.8, 4) is 0 Å². The molecule has 0 heterocycles. The lowest BCUT2D eigenvalue weighted by Gasteiger charge is -2.22. The number of rotatable bonds is 9. The van der Waals surface area contributed by atoms with Crippen LogP contribution in [0.4, 0.5) is 0 Å². The van der Waals surface area contributed by atoms with E-state index in [1.54, 1.807) is 7.11 Å². The van der Waals surface area contributed by atoms with Crippen molar-refractivity contribution >= 4 is 0 Å². The fraction of sp³-hybridized carbons (Fsp3) is 0.647. The molecule has 1 aliphatic rings. The maximum absolute atomic E-state index is 5.71. The minimum atomic E-state index is -0.0989. The first kappa shape index (κ1) is 15.5. The first-order valence-corrected chi connectivity index (χ1v) is 7.53. The van der Waals surface area contributed by atoms with Gasteiger partial charge in [0.25, 0.3) is 0 Å². The van der Waals surface area contributed by atoms with Gasteiger partial charge in [-0.2, -0.15) is 0 Å². The molecule has 1 aromatic carbocycles. The summed E-state index contributed by atoms with van der Waals surface area (Å²) in [5.41, 5.74) is 2.48. The predicted octanol–water partition coefficient (Wildman–Crippen LogP) is 3.27. The molecule has 0 radical (unpaired) electrons. The molecule has 1 aliphatic carbocycles. The van der Waals surface area contributed by atoms with Crippen LogP contribution in [0.3, 0.4) is 0 Å². The molecule has 0 aromatic heterocycles. The van der Waals surface area contributed by atoms with Crippen LogP contribution in [0.25, 0.3) is 0 Å². The van der Waals surface area contributed by atoms with Crippen LogP contribution in [0, 0.1) is 0 Å². The Kier molecular flexibility index (Phi) is 5.58. The molecule has 3 heteroatoms. The molecular weight excluding hydrogens is 250 g/mol. The highest BCUT2D eigenvalue weighted by atomic mass is 16.5. The molecule has 1 N–H and O–H groups in total. The van der Waals surface area contributed by atoms with Crippen LogP contribution in [-0.4, -0.2) is 25.4 Å². The minimum absolute atomic E-state index is 0.0989. The zero-order valence-corrected chi connectivity index (χ0v) is 12.9. The summed E-state index contributed by atoms with van der Waals surface area (Å²) < 4.78 is 11.1. The third-order valence-corrected chi connectivity index (χ3v) is 3.86. The van der Waals surface area contributed by atoms with E-state index >= 15 is 0 Å². The van der Waals surface area contributed by atoms with Gasteiger partial charge >= 0.3 is 0 Å². The topological polar surface area (TPSA) is 30.5 Å². The predicted molar refractivity (Wildman–Crippen MR) is 81.7 cm³/mol. The number of nitrogens with one attached hydrogen (secondary N) is 1. The Morgan fingerprint density at radius 1 is 1.15 bits per heavy atom. The molecule has 0 atom stereocenters. The van der Waals surface area contributed by atoms with Crippen LogP contribution in [-0.2, 0) is 22.6 Å².